The molecule has 1 unspecified atom stereocenters. The fourth-order valence-electron chi connectivity index (χ4n) is 4.39. The van der Waals surface area contributed by atoms with Gasteiger partial charge in [-0.1, -0.05) is 17.4 Å². The third kappa shape index (κ3) is 5.78. The number of ether oxygens (including phenoxy) is 2. The largest absolute Gasteiger partial charge is 0.380 e. The van der Waals surface area contributed by atoms with E-state index in [1.54, 1.807) is 7.05 Å². The maximum Gasteiger partial charge on any atom is 0.279 e. The van der Waals surface area contributed by atoms with Gasteiger partial charge < -0.3 is 14.0 Å². The van der Waals surface area contributed by atoms with Crippen LogP contribution in [-0.4, -0.2) is 62.7 Å². The lowest BCUT2D eigenvalue weighted by Crippen LogP contribution is -2.34. The van der Waals surface area contributed by atoms with E-state index in [2.05, 4.69) is 24.0 Å². The molecule has 1 amide bonds. The van der Waals surface area contributed by atoms with Crippen molar-refractivity contribution in [3.63, 3.8) is 0 Å². The van der Waals surface area contributed by atoms with E-state index in [0.29, 0.717) is 43.3 Å². The van der Waals surface area contributed by atoms with Gasteiger partial charge in [0.25, 0.3) is 5.91 Å². The summed E-state index contributed by atoms with van der Waals surface area (Å²) in [5.74, 6) is -0.419. The second-order valence-corrected chi connectivity index (χ2v) is 12.0. The average Bonchev–Trinajstić information content (AvgIpc) is 3.47. The molecule has 1 aromatic heterocycles. The number of nitrogens with zero attached hydrogens (tertiary/aromatic N) is 3. The summed E-state index contributed by atoms with van der Waals surface area (Å²) >= 11 is 1.47. The molecule has 0 spiro atoms. The summed E-state index contributed by atoms with van der Waals surface area (Å²) in [4.78, 5) is 18.2. The zero-order chi connectivity index (χ0) is 25.9. The predicted octanol–water partition coefficient (Wildman–Crippen LogP) is 3.90. The van der Waals surface area contributed by atoms with Crippen molar-refractivity contribution in [2.45, 2.75) is 51.2 Å². The Kier molecular flexibility index (Phi) is 8.41. The topological polar surface area (TPSA) is 90.2 Å². The van der Waals surface area contributed by atoms with E-state index < -0.39 is 15.9 Å². The molecule has 2 aromatic carbocycles. The number of aryl methyl sites for hydroxylation is 2. The fraction of sp³-hybridized carbons (Fsp3) is 0.462. The maximum atomic E-state index is 13.1. The predicted molar refractivity (Wildman–Crippen MR) is 141 cm³/mol. The molecular weight excluding hydrogens is 498 g/mol. The van der Waals surface area contributed by atoms with Crippen molar-refractivity contribution in [3.8, 4) is 0 Å². The summed E-state index contributed by atoms with van der Waals surface area (Å²) in [5, 5.41) is 0. The number of benzene rings is 2. The number of aromatic nitrogens is 1. The minimum atomic E-state index is -3.68. The van der Waals surface area contributed by atoms with Gasteiger partial charge in [-0.25, -0.2) is 8.42 Å². The third-order valence-corrected chi connectivity index (χ3v) is 9.34. The Morgan fingerprint density at radius 2 is 2.00 bits per heavy atom. The molecule has 1 fully saturated rings. The van der Waals surface area contributed by atoms with Crippen LogP contribution in [0.3, 0.4) is 0 Å². The van der Waals surface area contributed by atoms with Crippen LogP contribution in [0.5, 0.6) is 0 Å². The van der Waals surface area contributed by atoms with E-state index in [1.807, 2.05) is 18.4 Å². The van der Waals surface area contributed by atoms with Gasteiger partial charge in [0.15, 0.2) is 4.80 Å². The van der Waals surface area contributed by atoms with Crippen LogP contribution in [0.1, 0.15) is 41.3 Å². The van der Waals surface area contributed by atoms with E-state index in [-0.39, 0.29) is 11.0 Å². The molecule has 1 saturated heterocycles. The van der Waals surface area contributed by atoms with Crippen molar-refractivity contribution in [2.24, 2.45) is 4.99 Å². The van der Waals surface area contributed by atoms with Crippen LogP contribution in [0.4, 0.5) is 0 Å². The number of thiazole rings is 1. The van der Waals surface area contributed by atoms with E-state index in [0.717, 1.165) is 34.2 Å². The zero-order valence-electron chi connectivity index (χ0n) is 21.2. The van der Waals surface area contributed by atoms with E-state index in [1.165, 1.54) is 39.9 Å². The quantitative estimate of drug-likeness (QED) is 0.391. The summed E-state index contributed by atoms with van der Waals surface area (Å²) in [6.45, 7) is 8.74. The summed E-state index contributed by atoms with van der Waals surface area (Å²) in [7, 11) is -2.12. The Hall–Kier alpha value is -2.37. The van der Waals surface area contributed by atoms with Crippen molar-refractivity contribution in [2.75, 3.05) is 33.4 Å². The van der Waals surface area contributed by atoms with Gasteiger partial charge in [0.1, 0.15) is 0 Å². The van der Waals surface area contributed by atoms with Crippen molar-refractivity contribution in [1.29, 1.82) is 0 Å². The molecule has 1 aliphatic heterocycles. The summed E-state index contributed by atoms with van der Waals surface area (Å²) < 4.78 is 41.5. The van der Waals surface area contributed by atoms with Gasteiger partial charge in [0.05, 0.1) is 27.8 Å². The highest BCUT2D eigenvalue weighted by atomic mass is 32.2. The molecule has 2 heterocycles. The van der Waals surface area contributed by atoms with E-state index in [9.17, 15) is 13.2 Å². The number of hydrogen-bond donors (Lipinski definition) is 0. The van der Waals surface area contributed by atoms with Crippen LogP contribution in [0.15, 0.2) is 46.3 Å². The molecule has 3 aromatic rings. The van der Waals surface area contributed by atoms with Crippen molar-refractivity contribution in [1.82, 2.24) is 8.87 Å². The normalized spacial score (nSPS) is 16.9. The van der Waals surface area contributed by atoms with Gasteiger partial charge in [-0.05, 0) is 75.1 Å². The van der Waals surface area contributed by atoms with Gasteiger partial charge in [-0.15, -0.1) is 0 Å². The number of amides is 1. The lowest BCUT2D eigenvalue weighted by Gasteiger charge is -2.20. The first kappa shape index (κ1) is 26.7. The van der Waals surface area contributed by atoms with Gasteiger partial charge in [0, 0.05) is 38.9 Å². The molecule has 8 nitrogen and oxygen atoms in total. The highest BCUT2D eigenvalue weighted by Crippen LogP contribution is 2.24. The Bertz CT molecular complexity index is 1400. The lowest BCUT2D eigenvalue weighted by atomic mass is 10.1. The molecule has 10 heteroatoms. The molecule has 0 aliphatic carbocycles. The molecule has 0 saturated carbocycles. The standard InChI is InChI=1S/C26H33N3O5S2/c1-5-33-14-12-29-23-16-18(2)15-19(3)24(23)35-26(29)27-25(30)20-8-10-22(11-9-20)36(31,32)28(4)17-21-7-6-13-34-21/h8-11,15-16,21H,5-7,12-14,17H2,1-4H3. The molecule has 0 radical (unpaired) electrons. The Balaban J connectivity index is 1.61. The first-order valence-electron chi connectivity index (χ1n) is 12.2. The summed E-state index contributed by atoms with van der Waals surface area (Å²) in [5.41, 5.74) is 3.63. The van der Waals surface area contributed by atoms with Crippen LogP contribution in [0, 0.1) is 13.8 Å². The van der Waals surface area contributed by atoms with Gasteiger partial charge >= 0.3 is 0 Å². The second kappa shape index (κ2) is 11.4. The SMILES string of the molecule is CCOCCn1c(=NC(=O)c2ccc(S(=O)(=O)N(C)CC3CCCO3)cc2)sc2c(C)cc(C)cc21. The van der Waals surface area contributed by atoms with E-state index in [4.69, 9.17) is 9.47 Å². The summed E-state index contributed by atoms with van der Waals surface area (Å²) in [6.07, 6.45) is 1.73. The van der Waals surface area contributed by atoms with Crippen molar-refractivity contribution >= 4 is 37.5 Å². The molecule has 1 aliphatic rings. The number of fused-ring (bicyclic) bond motifs is 1. The van der Waals surface area contributed by atoms with Crippen LogP contribution in [0.25, 0.3) is 10.2 Å². The smallest absolute Gasteiger partial charge is 0.279 e. The number of carbonyl (C=O) groups excluding carboxylic acids is 1. The molecule has 4 rings (SSSR count). The highest BCUT2D eigenvalue weighted by Gasteiger charge is 2.26. The Morgan fingerprint density at radius 3 is 2.67 bits per heavy atom. The van der Waals surface area contributed by atoms with Gasteiger partial charge in [-0.2, -0.15) is 9.30 Å². The number of likely N-dealkylation sites (N-methyl/N-ethyl adjacent to an activating group) is 1. The number of sulfonamides is 1. The third-order valence-electron chi connectivity index (χ3n) is 6.27. The fourth-order valence-corrected chi connectivity index (χ4v) is 6.70. The monoisotopic (exact) mass is 531 g/mol. The average molecular weight is 532 g/mol. The number of rotatable bonds is 9. The van der Waals surface area contributed by atoms with Crippen LogP contribution in [-0.2, 0) is 26.0 Å². The van der Waals surface area contributed by atoms with Crippen LogP contribution < -0.4 is 4.80 Å². The number of carbonyl (C=O) groups is 1. The highest BCUT2D eigenvalue weighted by molar-refractivity contribution is 7.89. The van der Waals surface area contributed by atoms with Crippen molar-refractivity contribution < 1.29 is 22.7 Å². The molecular formula is C26H33N3O5S2. The minimum absolute atomic E-state index is 0.0763. The molecule has 194 valence electrons. The Labute approximate surface area is 216 Å². The Morgan fingerprint density at radius 1 is 1.25 bits per heavy atom. The lowest BCUT2D eigenvalue weighted by molar-refractivity contribution is 0.0979. The number of hydrogen-bond acceptors (Lipinski definition) is 6. The molecule has 36 heavy (non-hydrogen) atoms. The van der Waals surface area contributed by atoms with E-state index >= 15 is 0 Å². The van der Waals surface area contributed by atoms with Gasteiger partial charge in [0.2, 0.25) is 10.0 Å². The zero-order valence-corrected chi connectivity index (χ0v) is 22.8. The second-order valence-electron chi connectivity index (χ2n) is 9.03. The van der Waals surface area contributed by atoms with Gasteiger partial charge in [-0.3, -0.25) is 4.79 Å². The van der Waals surface area contributed by atoms with Crippen LogP contribution in [0.2, 0.25) is 0 Å². The molecule has 0 N–H and O–H groups in total. The van der Waals surface area contributed by atoms with Crippen molar-refractivity contribution in [3.05, 3.63) is 57.9 Å². The van der Waals surface area contributed by atoms with Crippen LogP contribution >= 0.6 is 11.3 Å². The maximum absolute atomic E-state index is 13.1. The summed E-state index contributed by atoms with van der Waals surface area (Å²) in [6, 6.07) is 10.2. The first-order valence-corrected chi connectivity index (χ1v) is 14.4. The minimum Gasteiger partial charge on any atom is -0.380 e. The molecule has 0 bridgehead atoms. The first-order chi connectivity index (χ1) is 17.2. The molecule has 1 atom stereocenters.